The van der Waals surface area contributed by atoms with E-state index >= 15 is 0 Å². The van der Waals surface area contributed by atoms with Gasteiger partial charge in [0.05, 0.1) is 16.5 Å². The second kappa shape index (κ2) is 8.13. The molecule has 1 rings (SSSR count). The summed E-state index contributed by atoms with van der Waals surface area (Å²) in [4.78, 5) is 12.1. The molecule has 1 aromatic rings. The van der Waals surface area contributed by atoms with E-state index in [2.05, 4.69) is 35.1 Å². The van der Waals surface area contributed by atoms with E-state index in [0.29, 0.717) is 33.8 Å². The lowest BCUT2D eigenvalue weighted by molar-refractivity contribution is -0.120. The third-order valence-corrected chi connectivity index (χ3v) is 4.03. The van der Waals surface area contributed by atoms with Crippen molar-refractivity contribution >= 4 is 45.0 Å². The van der Waals surface area contributed by atoms with E-state index in [1.165, 1.54) is 0 Å². The summed E-state index contributed by atoms with van der Waals surface area (Å²) >= 11 is 15.3. The van der Waals surface area contributed by atoms with Crippen molar-refractivity contribution in [1.29, 1.82) is 0 Å². The lowest BCUT2D eigenvalue weighted by atomic mass is 10.1. The van der Waals surface area contributed by atoms with Crippen LogP contribution in [0.4, 0.5) is 0 Å². The largest absolute Gasteiger partial charge is 0.355 e. The summed E-state index contributed by atoms with van der Waals surface area (Å²) in [7, 11) is 0. The number of carbonyl (C=O) groups is 1. The molecule has 0 aromatic heterocycles. The Bertz CT molecular complexity index is 437. The molecule has 1 atom stereocenters. The van der Waals surface area contributed by atoms with E-state index in [0.717, 1.165) is 12.0 Å². The van der Waals surface area contributed by atoms with Crippen molar-refractivity contribution in [2.75, 3.05) is 6.54 Å². The van der Waals surface area contributed by atoms with Gasteiger partial charge in [0, 0.05) is 11.4 Å². The van der Waals surface area contributed by atoms with Gasteiger partial charge in [-0.3, -0.25) is 4.79 Å². The Labute approximate surface area is 133 Å². The lowest BCUT2D eigenvalue weighted by Gasteiger charge is -2.13. The molecule has 0 saturated carbocycles. The highest BCUT2D eigenvalue weighted by Gasteiger charge is 2.10. The Kier molecular flexibility index (Phi) is 7.19. The van der Waals surface area contributed by atoms with Gasteiger partial charge in [-0.2, -0.15) is 0 Å². The lowest BCUT2D eigenvalue weighted by Crippen LogP contribution is -2.31. The minimum absolute atomic E-state index is 0.00778. The molecule has 0 bridgehead atoms. The molecule has 2 nitrogen and oxygen atoms in total. The van der Waals surface area contributed by atoms with Crippen molar-refractivity contribution in [3.63, 3.8) is 0 Å². The summed E-state index contributed by atoms with van der Waals surface area (Å²) in [6.07, 6.45) is 1.35. The highest BCUT2D eigenvalue weighted by Crippen LogP contribution is 2.22. The van der Waals surface area contributed by atoms with Crippen molar-refractivity contribution in [2.45, 2.75) is 31.5 Å². The molecule has 0 saturated heterocycles. The van der Waals surface area contributed by atoms with Crippen LogP contribution in [-0.2, 0) is 11.2 Å². The fourth-order valence-electron chi connectivity index (χ4n) is 1.72. The minimum Gasteiger partial charge on any atom is -0.355 e. The Balaban J connectivity index is 2.40. The van der Waals surface area contributed by atoms with Gasteiger partial charge in [0.1, 0.15) is 0 Å². The molecule has 0 spiro atoms. The maximum Gasteiger partial charge on any atom is 0.224 e. The van der Waals surface area contributed by atoms with Crippen LogP contribution in [0.2, 0.25) is 10.0 Å². The van der Waals surface area contributed by atoms with Crippen LogP contribution in [-0.4, -0.2) is 17.3 Å². The predicted molar refractivity (Wildman–Crippen MR) is 85.3 cm³/mol. The summed E-state index contributed by atoms with van der Waals surface area (Å²) in [6.45, 7) is 4.95. The van der Waals surface area contributed by atoms with Crippen LogP contribution in [0, 0.1) is 5.92 Å². The van der Waals surface area contributed by atoms with Gasteiger partial charge in [0.25, 0.3) is 0 Å². The molecule has 5 heteroatoms. The number of nitrogens with one attached hydrogen (secondary N) is 1. The maximum atomic E-state index is 11.8. The maximum absolute atomic E-state index is 11.8. The van der Waals surface area contributed by atoms with Crippen LogP contribution in [0.25, 0.3) is 0 Å². The summed E-state index contributed by atoms with van der Waals surface area (Å²) in [5.74, 6) is 0.600. The van der Waals surface area contributed by atoms with E-state index in [1.54, 1.807) is 12.1 Å². The van der Waals surface area contributed by atoms with Gasteiger partial charge in [-0.15, -0.1) is 0 Å². The third-order valence-electron chi connectivity index (χ3n) is 2.60. The van der Waals surface area contributed by atoms with E-state index in [1.807, 2.05) is 6.07 Å². The molecular weight excluding hydrogens is 349 g/mol. The topological polar surface area (TPSA) is 29.1 Å². The molecule has 19 heavy (non-hydrogen) atoms. The fourth-order valence-corrected chi connectivity index (χ4v) is 2.95. The van der Waals surface area contributed by atoms with Crippen molar-refractivity contribution < 1.29 is 4.79 Å². The normalized spacial score (nSPS) is 12.5. The molecular formula is C14H18BrCl2NO. The molecule has 0 aliphatic rings. The van der Waals surface area contributed by atoms with Crippen LogP contribution in [0.3, 0.4) is 0 Å². The molecule has 1 unspecified atom stereocenters. The number of alkyl halides is 1. The van der Waals surface area contributed by atoms with Gasteiger partial charge in [-0.05, 0) is 30.0 Å². The molecule has 106 valence electrons. The molecule has 0 fully saturated rings. The number of hydrogen-bond acceptors (Lipinski definition) is 1. The molecule has 1 amide bonds. The van der Waals surface area contributed by atoms with Gasteiger partial charge in [0.15, 0.2) is 0 Å². The highest BCUT2D eigenvalue weighted by atomic mass is 79.9. The Morgan fingerprint density at radius 2 is 2.00 bits per heavy atom. The zero-order valence-corrected chi connectivity index (χ0v) is 14.1. The summed E-state index contributed by atoms with van der Waals surface area (Å²) in [5.41, 5.74) is 0.863. The minimum atomic E-state index is -0.00778. The highest BCUT2D eigenvalue weighted by molar-refractivity contribution is 9.09. The van der Waals surface area contributed by atoms with E-state index < -0.39 is 0 Å². The summed E-state index contributed by atoms with van der Waals surface area (Å²) in [6, 6.07) is 5.25. The second-order valence-corrected chi connectivity index (χ2v) is 7.07. The molecule has 0 aliphatic carbocycles. The van der Waals surface area contributed by atoms with E-state index in [4.69, 9.17) is 23.2 Å². The van der Waals surface area contributed by atoms with Gasteiger partial charge >= 0.3 is 0 Å². The van der Waals surface area contributed by atoms with Crippen LogP contribution in [0.1, 0.15) is 25.8 Å². The number of hydrogen-bond donors (Lipinski definition) is 1. The Morgan fingerprint density at radius 3 is 2.58 bits per heavy atom. The quantitative estimate of drug-likeness (QED) is 0.739. The average Bonchev–Trinajstić information content (AvgIpc) is 2.30. The third kappa shape index (κ3) is 6.64. The fraction of sp³-hybridized carbons (Fsp3) is 0.500. The van der Waals surface area contributed by atoms with Crippen LogP contribution < -0.4 is 5.32 Å². The monoisotopic (exact) mass is 365 g/mol. The smallest absolute Gasteiger partial charge is 0.224 e. The zero-order valence-electron chi connectivity index (χ0n) is 11.1. The van der Waals surface area contributed by atoms with Gasteiger partial charge in [0.2, 0.25) is 5.91 Å². The summed E-state index contributed by atoms with van der Waals surface area (Å²) in [5, 5.41) is 3.89. The van der Waals surface area contributed by atoms with Crippen molar-refractivity contribution in [3.8, 4) is 0 Å². The molecule has 0 heterocycles. The number of halogens is 3. The Morgan fingerprint density at radius 1 is 1.32 bits per heavy atom. The average molecular weight is 367 g/mol. The first-order valence-corrected chi connectivity index (χ1v) is 7.90. The van der Waals surface area contributed by atoms with Crippen LogP contribution >= 0.6 is 39.1 Å². The molecule has 1 aromatic carbocycles. The van der Waals surface area contributed by atoms with Crippen molar-refractivity contribution in [2.24, 2.45) is 5.92 Å². The van der Waals surface area contributed by atoms with Gasteiger partial charge in [-0.25, -0.2) is 0 Å². The molecule has 1 N–H and O–H groups in total. The van der Waals surface area contributed by atoms with Crippen LogP contribution in [0.5, 0.6) is 0 Å². The standard InChI is InChI=1S/C14H18BrCl2NO/c1-9(2)5-11(15)8-18-14(19)7-10-3-4-12(16)13(17)6-10/h3-4,6,9,11H,5,7-8H2,1-2H3,(H,18,19). The first-order chi connectivity index (χ1) is 8.88. The zero-order chi connectivity index (χ0) is 14.4. The second-order valence-electron chi connectivity index (χ2n) is 4.96. The number of rotatable bonds is 6. The predicted octanol–water partition coefficient (Wildman–Crippen LogP) is 4.46. The number of carbonyl (C=O) groups excluding carboxylic acids is 1. The van der Waals surface area contributed by atoms with E-state index in [-0.39, 0.29) is 5.91 Å². The first-order valence-electron chi connectivity index (χ1n) is 6.23. The van der Waals surface area contributed by atoms with Gasteiger partial charge < -0.3 is 5.32 Å². The molecule has 0 radical (unpaired) electrons. The summed E-state index contributed by atoms with van der Waals surface area (Å²) < 4.78 is 0. The Hall–Kier alpha value is -0.250. The first kappa shape index (κ1) is 16.8. The van der Waals surface area contributed by atoms with Crippen LogP contribution in [0.15, 0.2) is 18.2 Å². The van der Waals surface area contributed by atoms with E-state index in [9.17, 15) is 4.79 Å². The molecule has 0 aliphatic heterocycles. The number of amides is 1. The van der Waals surface area contributed by atoms with Crippen molar-refractivity contribution in [3.05, 3.63) is 33.8 Å². The SMILES string of the molecule is CC(C)CC(Br)CNC(=O)Cc1ccc(Cl)c(Cl)c1. The number of benzene rings is 1. The van der Waals surface area contributed by atoms with Gasteiger partial charge in [-0.1, -0.05) is 59.0 Å². The van der Waals surface area contributed by atoms with Crippen molar-refractivity contribution in [1.82, 2.24) is 5.32 Å².